The number of aromatic nitrogens is 2. The van der Waals surface area contributed by atoms with Gasteiger partial charge in [0.1, 0.15) is 11.2 Å². The van der Waals surface area contributed by atoms with Crippen molar-refractivity contribution in [3.05, 3.63) is 22.1 Å². The summed E-state index contributed by atoms with van der Waals surface area (Å²) in [5.74, 6) is -0.548. The molecule has 0 saturated carbocycles. The maximum Gasteiger partial charge on any atom is 0.327 e. The first-order chi connectivity index (χ1) is 11.3. The number of thiophene rings is 1. The van der Waals surface area contributed by atoms with Crippen LogP contribution in [0.5, 0.6) is 0 Å². The Morgan fingerprint density at radius 1 is 1.46 bits per heavy atom. The predicted molar refractivity (Wildman–Crippen MR) is 89.1 cm³/mol. The molecule has 0 radical (unpaired) electrons. The van der Waals surface area contributed by atoms with E-state index in [2.05, 4.69) is 10.4 Å². The van der Waals surface area contributed by atoms with Gasteiger partial charge in [-0.15, -0.1) is 11.3 Å². The summed E-state index contributed by atoms with van der Waals surface area (Å²) in [5.41, 5.74) is 0.202. The Morgan fingerprint density at radius 3 is 2.75 bits per heavy atom. The molecule has 6 nitrogen and oxygen atoms in total. The topological polar surface area (TPSA) is 73.2 Å². The molecule has 0 aliphatic rings. The smallest absolute Gasteiger partial charge is 0.327 e. The number of anilines is 1. The number of rotatable bonds is 7. The molecule has 0 spiro atoms. The number of hydrogen-bond donors (Lipinski definition) is 1. The van der Waals surface area contributed by atoms with E-state index in [0.717, 1.165) is 16.0 Å². The van der Waals surface area contributed by atoms with Crippen LogP contribution in [-0.4, -0.2) is 35.3 Å². The second-order valence-corrected chi connectivity index (χ2v) is 6.49. The standard InChI is InChI=1S/C15H19F2N3O3S/c1-4-23-12(21)7-20-15(22)14-9(13(19-20)8(2)3)5-11(24-14)18-6-10(16)17/h5,8,10,18H,4,6-7H2,1-3H3. The third kappa shape index (κ3) is 4.08. The molecule has 0 atom stereocenters. The Bertz CT molecular complexity index is 786. The van der Waals surface area contributed by atoms with Gasteiger partial charge in [-0.25, -0.2) is 13.5 Å². The minimum Gasteiger partial charge on any atom is -0.465 e. The van der Waals surface area contributed by atoms with Crippen molar-refractivity contribution >= 4 is 32.4 Å². The number of carbonyl (C=O) groups excluding carboxylic acids is 1. The summed E-state index contributed by atoms with van der Waals surface area (Å²) >= 11 is 1.08. The van der Waals surface area contributed by atoms with Crippen LogP contribution in [0.3, 0.4) is 0 Å². The van der Waals surface area contributed by atoms with Crippen LogP contribution in [0.15, 0.2) is 10.9 Å². The number of nitrogens with zero attached hydrogens (tertiary/aromatic N) is 2. The highest BCUT2D eigenvalue weighted by molar-refractivity contribution is 7.22. The van der Waals surface area contributed by atoms with Gasteiger partial charge in [0.05, 0.1) is 23.8 Å². The molecule has 132 valence electrons. The van der Waals surface area contributed by atoms with Crippen molar-refractivity contribution in [2.45, 2.75) is 39.7 Å². The normalized spacial score (nSPS) is 11.5. The van der Waals surface area contributed by atoms with Crippen LogP contribution in [-0.2, 0) is 16.1 Å². The lowest BCUT2D eigenvalue weighted by Crippen LogP contribution is -2.28. The number of nitrogens with one attached hydrogen (secondary N) is 1. The molecule has 2 aromatic heterocycles. The molecule has 0 saturated heterocycles. The van der Waals surface area contributed by atoms with Crippen molar-refractivity contribution in [2.24, 2.45) is 0 Å². The summed E-state index contributed by atoms with van der Waals surface area (Å²) in [5, 5.41) is 7.97. The van der Waals surface area contributed by atoms with Crippen molar-refractivity contribution in [1.29, 1.82) is 0 Å². The van der Waals surface area contributed by atoms with Crippen LogP contribution in [0.1, 0.15) is 32.4 Å². The summed E-state index contributed by atoms with van der Waals surface area (Å²) in [6.07, 6.45) is -2.49. The van der Waals surface area contributed by atoms with Crippen LogP contribution in [0.2, 0.25) is 0 Å². The molecule has 9 heteroatoms. The quantitative estimate of drug-likeness (QED) is 0.770. The van der Waals surface area contributed by atoms with Crippen LogP contribution in [0.25, 0.3) is 10.1 Å². The van der Waals surface area contributed by atoms with Gasteiger partial charge in [-0.05, 0) is 18.9 Å². The SMILES string of the molecule is CCOC(=O)Cn1nc(C(C)C)c2cc(NCC(F)F)sc2c1=O. The molecule has 0 bridgehead atoms. The molecular formula is C15H19F2N3O3S. The molecule has 0 amide bonds. The van der Waals surface area contributed by atoms with E-state index >= 15 is 0 Å². The van der Waals surface area contributed by atoms with E-state index in [1.165, 1.54) is 0 Å². The number of carbonyl (C=O) groups is 1. The first-order valence-corrected chi connectivity index (χ1v) is 8.37. The first kappa shape index (κ1) is 18.3. The Balaban J connectivity index is 2.48. The monoisotopic (exact) mass is 359 g/mol. The van der Waals surface area contributed by atoms with Gasteiger partial charge < -0.3 is 10.1 Å². The van der Waals surface area contributed by atoms with Crippen molar-refractivity contribution in [3.63, 3.8) is 0 Å². The van der Waals surface area contributed by atoms with E-state index in [4.69, 9.17) is 4.74 Å². The molecule has 24 heavy (non-hydrogen) atoms. The Kier molecular flexibility index (Phi) is 5.87. The lowest BCUT2D eigenvalue weighted by Gasteiger charge is -2.10. The molecule has 0 fully saturated rings. The molecule has 0 aliphatic carbocycles. The van der Waals surface area contributed by atoms with E-state index in [-0.39, 0.29) is 19.1 Å². The molecule has 0 aromatic carbocycles. The zero-order valence-electron chi connectivity index (χ0n) is 13.6. The van der Waals surface area contributed by atoms with Crippen LogP contribution in [0, 0.1) is 0 Å². The maximum absolute atomic E-state index is 12.5. The van der Waals surface area contributed by atoms with Gasteiger partial charge in [0, 0.05) is 5.39 Å². The van der Waals surface area contributed by atoms with E-state index in [1.54, 1.807) is 13.0 Å². The van der Waals surface area contributed by atoms with Gasteiger partial charge in [0.15, 0.2) is 0 Å². The van der Waals surface area contributed by atoms with Crippen LogP contribution < -0.4 is 10.9 Å². The maximum atomic E-state index is 12.5. The molecular weight excluding hydrogens is 340 g/mol. The third-order valence-electron chi connectivity index (χ3n) is 3.23. The van der Waals surface area contributed by atoms with E-state index in [0.29, 0.717) is 20.8 Å². The number of halogens is 2. The zero-order valence-corrected chi connectivity index (χ0v) is 14.5. The highest BCUT2D eigenvalue weighted by atomic mass is 32.1. The molecule has 2 rings (SSSR count). The summed E-state index contributed by atoms with van der Waals surface area (Å²) in [7, 11) is 0. The highest BCUT2D eigenvalue weighted by Gasteiger charge is 2.18. The van der Waals surface area contributed by atoms with E-state index in [9.17, 15) is 18.4 Å². The minimum absolute atomic E-state index is 0.000839. The third-order valence-corrected chi connectivity index (χ3v) is 4.31. The van der Waals surface area contributed by atoms with Gasteiger partial charge in [-0.3, -0.25) is 9.59 Å². The van der Waals surface area contributed by atoms with Crippen LogP contribution in [0.4, 0.5) is 13.8 Å². The zero-order chi connectivity index (χ0) is 17.9. The van der Waals surface area contributed by atoms with Crippen LogP contribution >= 0.6 is 11.3 Å². The Morgan fingerprint density at radius 2 is 2.17 bits per heavy atom. The fraction of sp³-hybridized carbons (Fsp3) is 0.533. The predicted octanol–water partition coefficient (Wildman–Crippen LogP) is 2.82. The number of ether oxygens (including phenoxy) is 1. The second kappa shape index (κ2) is 7.69. The largest absolute Gasteiger partial charge is 0.465 e. The summed E-state index contributed by atoms with van der Waals surface area (Å²) in [6.45, 7) is 4.94. The number of fused-ring (bicyclic) bond motifs is 1. The lowest BCUT2D eigenvalue weighted by atomic mass is 10.1. The first-order valence-electron chi connectivity index (χ1n) is 7.55. The van der Waals surface area contributed by atoms with Gasteiger partial charge in [0.25, 0.3) is 12.0 Å². The summed E-state index contributed by atoms with van der Waals surface area (Å²) in [4.78, 5) is 24.2. The van der Waals surface area contributed by atoms with Gasteiger partial charge in [-0.2, -0.15) is 5.10 Å². The second-order valence-electron chi connectivity index (χ2n) is 5.43. The van der Waals surface area contributed by atoms with Gasteiger partial charge >= 0.3 is 5.97 Å². The van der Waals surface area contributed by atoms with E-state index < -0.39 is 24.5 Å². The number of alkyl halides is 2. The molecule has 2 aromatic rings. The number of hydrogen-bond acceptors (Lipinski definition) is 6. The van der Waals surface area contributed by atoms with Crippen molar-refractivity contribution in [3.8, 4) is 0 Å². The van der Waals surface area contributed by atoms with E-state index in [1.807, 2.05) is 13.8 Å². The number of esters is 1. The highest BCUT2D eigenvalue weighted by Crippen LogP contribution is 2.31. The molecule has 2 heterocycles. The van der Waals surface area contributed by atoms with Crippen molar-refractivity contribution < 1.29 is 18.3 Å². The average molecular weight is 359 g/mol. The molecule has 0 aliphatic heterocycles. The lowest BCUT2D eigenvalue weighted by molar-refractivity contribution is -0.144. The van der Waals surface area contributed by atoms with Crippen molar-refractivity contribution in [1.82, 2.24) is 9.78 Å². The Labute approximate surface area is 141 Å². The fourth-order valence-corrected chi connectivity index (χ4v) is 3.23. The molecule has 0 unspecified atom stereocenters. The minimum atomic E-state index is -2.49. The average Bonchev–Trinajstić information content (AvgIpc) is 2.92. The Hall–Kier alpha value is -2.03. The fourth-order valence-electron chi connectivity index (χ4n) is 2.21. The van der Waals surface area contributed by atoms with Crippen molar-refractivity contribution in [2.75, 3.05) is 18.5 Å². The van der Waals surface area contributed by atoms with Gasteiger partial charge in [0.2, 0.25) is 0 Å². The summed E-state index contributed by atoms with van der Waals surface area (Å²) < 4.78 is 31.0. The summed E-state index contributed by atoms with van der Waals surface area (Å²) in [6, 6.07) is 1.65. The molecule has 1 N–H and O–H groups in total. The van der Waals surface area contributed by atoms with Gasteiger partial charge in [-0.1, -0.05) is 13.8 Å².